The molecule has 1 unspecified atom stereocenters. The summed E-state index contributed by atoms with van der Waals surface area (Å²) in [6.45, 7) is 4.67. The molecule has 0 saturated carbocycles. The van der Waals surface area contributed by atoms with E-state index in [0.717, 1.165) is 6.42 Å². The molecule has 1 atom stereocenters. The van der Waals surface area contributed by atoms with Crippen LogP contribution >= 0.6 is 11.6 Å². The van der Waals surface area contributed by atoms with Gasteiger partial charge in [-0.1, -0.05) is 24.6 Å². The first-order valence-corrected chi connectivity index (χ1v) is 7.42. The zero-order valence-corrected chi connectivity index (χ0v) is 13.2. The number of aliphatic hydroxyl groups excluding tert-OH is 1. The van der Waals surface area contributed by atoms with Gasteiger partial charge in [0.25, 0.3) is 0 Å². The molecule has 0 spiro atoms. The summed E-state index contributed by atoms with van der Waals surface area (Å²) in [6.07, 6.45) is 1.27. The first kappa shape index (κ1) is 17.6. The second-order valence-corrected chi connectivity index (χ2v) is 5.51. The normalized spacial score (nSPS) is 13.3. The summed E-state index contributed by atoms with van der Waals surface area (Å²) in [6, 6.07) is 6.84. The minimum absolute atomic E-state index is 0.0441. The molecule has 0 aliphatic carbocycles. The number of rotatable bonds is 8. The molecule has 0 aliphatic heterocycles. The number of ether oxygens (including phenoxy) is 1. The number of benzene rings is 1. The highest BCUT2D eigenvalue weighted by molar-refractivity contribution is 6.30. The van der Waals surface area contributed by atoms with Crippen LogP contribution in [0.3, 0.4) is 0 Å². The molecule has 0 fully saturated rings. The molecule has 0 bridgehead atoms. The third-order valence-electron chi connectivity index (χ3n) is 3.31. The molecule has 0 heterocycles. The van der Waals surface area contributed by atoms with Gasteiger partial charge in [0, 0.05) is 17.2 Å². The number of aliphatic hydroxyl groups is 1. The second-order valence-electron chi connectivity index (χ2n) is 5.07. The first-order chi connectivity index (χ1) is 9.99. The van der Waals surface area contributed by atoms with Crippen LogP contribution in [0.5, 0.6) is 5.75 Å². The second kappa shape index (κ2) is 8.74. The van der Waals surface area contributed by atoms with Crippen molar-refractivity contribution < 1.29 is 14.6 Å². The van der Waals surface area contributed by atoms with Crippen LogP contribution in [0, 0.1) is 0 Å². The van der Waals surface area contributed by atoms with Crippen molar-refractivity contribution in [3.63, 3.8) is 0 Å². The van der Waals surface area contributed by atoms with E-state index in [1.54, 1.807) is 24.3 Å². The summed E-state index contributed by atoms with van der Waals surface area (Å²) in [5.74, 6) is 0.670. The van der Waals surface area contributed by atoms with Gasteiger partial charge in [0.2, 0.25) is 0 Å². The smallest absolute Gasteiger partial charge is 0.315 e. The van der Waals surface area contributed by atoms with E-state index in [1.807, 2.05) is 13.8 Å². The molecule has 2 amide bonds. The van der Waals surface area contributed by atoms with Gasteiger partial charge >= 0.3 is 6.03 Å². The van der Waals surface area contributed by atoms with Crippen LogP contribution in [0.4, 0.5) is 4.79 Å². The van der Waals surface area contributed by atoms with E-state index in [4.69, 9.17) is 21.4 Å². The third kappa shape index (κ3) is 6.69. The van der Waals surface area contributed by atoms with Crippen molar-refractivity contribution in [2.24, 2.45) is 0 Å². The minimum Gasteiger partial charge on any atom is -0.492 e. The Balaban J connectivity index is 2.27. The quantitative estimate of drug-likeness (QED) is 0.646. The van der Waals surface area contributed by atoms with Crippen molar-refractivity contribution in [2.75, 3.05) is 19.8 Å². The van der Waals surface area contributed by atoms with Crippen LogP contribution in [0.2, 0.25) is 5.02 Å². The highest BCUT2D eigenvalue weighted by atomic mass is 35.5. The fourth-order valence-electron chi connectivity index (χ4n) is 1.78. The van der Waals surface area contributed by atoms with Crippen molar-refractivity contribution in [1.82, 2.24) is 10.6 Å². The number of carbonyl (C=O) groups excluding carboxylic acids is 1. The number of nitrogens with one attached hydrogen (secondary N) is 2. The monoisotopic (exact) mass is 314 g/mol. The highest BCUT2D eigenvalue weighted by Gasteiger charge is 2.23. The zero-order valence-electron chi connectivity index (χ0n) is 12.5. The lowest BCUT2D eigenvalue weighted by atomic mass is 9.95. The molecular formula is C15H23ClN2O3. The maximum Gasteiger partial charge on any atom is 0.315 e. The van der Waals surface area contributed by atoms with Gasteiger partial charge in [0.05, 0.1) is 6.54 Å². The molecule has 1 aromatic carbocycles. The van der Waals surface area contributed by atoms with Crippen LogP contribution in [0.25, 0.3) is 0 Å². The average Bonchev–Trinajstić information content (AvgIpc) is 2.44. The molecule has 0 saturated heterocycles. The minimum atomic E-state index is -0.396. The summed E-state index contributed by atoms with van der Waals surface area (Å²) in [5, 5.41) is 15.2. The van der Waals surface area contributed by atoms with E-state index in [-0.39, 0.29) is 12.6 Å². The lowest BCUT2D eigenvalue weighted by Gasteiger charge is -2.29. The Bertz CT molecular complexity index is 456. The summed E-state index contributed by atoms with van der Waals surface area (Å²) in [5.41, 5.74) is -0.396. The summed E-state index contributed by atoms with van der Waals surface area (Å²) >= 11 is 5.85. The van der Waals surface area contributed by atoms with Crippen molar-refractivity contribution in [3.05, 3.63) is 29.3 Å². The molecule has 0 aliphatic rings. The standard InChI is InChI=1S/C15H23ClN2O3/c1-3-15(2,7-9-19)18-14(20)17-8-10-21-13-6-4-5-12(16)11-13/h4-6,11,19H,3,7-10H2,1-2H3,(H2,17,18,20). The van der Waals surface area contributed by atoms with Crippen LogP contribution in [-0.2, 0) is 0 Å². The summed E-state index contributed by atoms with van der Waals surface area (Å²) in [4.78, 5) is 11.8. The topological polar surface area (TPSA) is 70.6 Å². The van der Waals surface area contributed by atoms with E-state index in [1.165, 1.54) is 0 Å². The van der Waals surface area contributed by atoms with Crippen LogP contribution in [-0.4, -0.2) is 36.4 Å². The lowest BCUT2D eigenvalue weighted by Crippen LogP contribution is -2.51. The molecule has 3 N–H and O–H groups in total. The number of hydrogen-bond acceptors (Lipinski definition) is 3. The maximum absolute atomic E-state index is 11.8. The van der Waals surface area contributed by atoms with Gasteiger partial charge in [0.15, 0.2) is 0 Å². The first-order valence-electron chi connectivity index (χ1n) is 7.04. The Labute approximate surface area is 130 Å². The predicted molar refractivity (Wildman–Crippen MR) is 83.9 cm³/mol. The molecule has 0 aromatic heterocycles. The number of halogens is 1. The number of hydrogen-bond donors (Lipinski definition) is 3. The van der Waals surface area contributed by atoms with E-state index >= 15 is 0 Å². The van der Waals surface area contributed by atoms with Gasteiger partial charge in [-0.3, -0.25) is 0 Å². The zero-order chi connectivity index (χ0) is 15.7. The van der Waals surface area contributed by atoms with Crippen molar-refractivity contribution >= 4 is 17.6 Å². The Morgan fingerprint density at radius 1 is 1.48 bits per heavy atom. The van der Waals surface area contributed by atoms with E-state index < -0.39 is 5.54 Å². The van der Waals surface area contributed by atoms with Gasteiger partial charge < -0.3 is 20.5 Å². The van der Waals surface area contributed by atoms with Crippen molar-refractivity contribution in [1.29, 1.82) is 0 Å². The van der Waals surface area contributed by atoms with E-state index in [9.17, 15) is 4.79 Å². The molecule has 1 rings (SSSR count). The largest absolute Gasteiger partial charge is 0.492 e. The predicted octanol–water partition coefficient (Wildman–Crippen LogP) is 2.57. The fraction of sp³-hybridized carbons (Fsp3) is 0.533. The Kier molecular flexibility index (Phi) is 7.32. The fourth-order valence-corrected chi connectivity index (χ4v) is 1.96. The molecule has 1 aromatic rings. The summed E-state index contributed by atoms with van der Waals surface area (Å²) in [7, 11) is 0. The van der Waals surface area contributed by atoms with Crippen molar-refractivity contribution in [2.45, 2.75) is 32.2 Å². The average molecular weight is 315 g/mol. The summed E-state index contributed by atoms with van der Waals surface area (Å²) < 4.78 is 5.47. The molecule has 6 heteroatoms. The van der Waals surface area contributed by atoms with Gasteiger partial charge in [-0.2, -0.15) is 0 Å². The Morgan fingerprint density at radius 3 is 2.86 bits per heavy atom. The molecule has 0 radical (unpaired) electrons. The van der Waals surface area contributed by atoms with E-state index in [0.29, 0.717) is 30.3 Å². The SMILES string of the molecule is CCC(C)(CCO)NC(=O)NCCOc1cccc(Cl)c1. The molecule has 21 heavy (non-hydrogen) atoms. The van der Waals surface area contributed by atoms with Crippen LogP contribution in [0.15, 0.2) is 24.3 Å². The molecule has 5 nitrogen and oxygen atoms in total. The number of carbonyl (C=O) groups is 1. The third-order valence-corrected chi connectivity index (χ3v) is 3.55. The number of urea groups is 1. The highest BCUT2D eigenvalue weighted by Crippen LogP contribution is 2.16. The number of amides is 2. The van der Waals surface area contributed by atoms with Gasteiger partial charge in [-0.25, -0.2) is 4.79 Å². The van der Waals surface area contributed by atoms with Gasteiger partial charge in [0.1, 0.15) is 12.4 Å². The lowest BCUT2D eigenvalue weighted by molar-refractivity contribution is 0.199. The maximum atomic E-state index is 11.8. The van der Waals surface area contributed by atoms with E-state index in [2.05, 4.69) is 10.6 Å². The Morgan fingerprint density at radius 2 is 2.24 bits per heavy atom. The van der Waals surface area contributed by atoms with Crippen LogP contribution in [0.1, 0.15) is 26.7 Å². The van der Waals surface area contributed by atoms with Crippen LogP contribution < -0.4 is 15.4 Å². The Hall–Kier alpha value is -1.46. The molecular weight excluding hydrogens is 292 g/mol. The van der Waals surface area contributed by atoms with Crippen molar-refractivity contribution in [3.8, 4) is 5.75 Å². The van der Waals surface area contributed by atoms with Gasteiger partial charge in [-0.05, 0) is 38.0 Å². The van der Waals surface area contributed by atoms with Gasteiger partial charge in [-0.15, -0.1) is 0 Å². The molecule has 118 valence electrons.